The van der Waals surface area contributed by atoms with Crippen LogP contribution < -0.4 is 15.8 Å². The van der Waals surface area contributed by atoms with Crippen LogP contribution in [-0.4, -0.2) is 33.2 Å². The summed E-state index contributed by atoms with van der Waals surface area (Å²) in [5.74, 6) is -4.84. The maximum atomic E-state index is 13.9. The van der Waals surface area contributed by atoms with Crippen LogP contribution in [0.2, 0.25) is 0 Å². The van der Waals surface area contributed by atoms with Gasteiger partial charge in [-0.1, -0.05) is 5.10 Å². The fourth-order valence-corrected chi connectivity index (χ4v) is 4.50. The minimum atomic E-state index is -1.59. The van der Waals surface area contributed by atoms with Gasteiger partial charge in [-0.2, -0.15) is 0 Å². The van der Waals surface area contributed by atoms with Crippen LogP contribution in [0.5, 0.6) is 5.88 Å². The van der Waals surface area contributed by atoms with E-state index in [4.69, 9.17) is 14.9 Å². The molecule has 2 heterocycles. The van der Waals surface area contributed by atoms with E-state index in [1.807, 2.05) is 0 Å². The van der Waals surface area contributed by atoms with Crippen LogP contribution in [0.15, 0.2) is 34.9 Å². The van der Waals surface area contributed by atoms with E-state index in [1.165, 1.54) is 0 Å². The summed E-state index contributed by atoms with van der Waals surface area (Å²) in [6.45, 7) is 0. The van der Waals surface area contributed by atoms with Crippen molar-refractivity contribution in [2.45, 2.75) is 37.8 Å². The molecule has 2 aliphatic rings. The molecule has 2 aliphatic carbocycles. The van der Waals surface area contributed by atoms with Crippen LogP contribution in [0, 0.1) is 22.9 Å². The Morgan fingerprint density at radius 1 is 1.12 bits per heavy atom. The molecule has 5 rings (SSSR count). The largest absolute Gasteiger partial charge is 0.474 e. The molecule has 11 heteroatoms. The molecule has 0 unspecified atom stereocenters. The molecule has 2 saturated carbocycles. The van der Waals surface area contributed by atoms with E-state index in [2.05, 4.69) is 20.5 Å². The summed E-state index contributed by atoms with van der Waals surface area (Å²) < 4.78 is 51.6. The van der Waals surface area contributed by atoms with E-state index >= 15 is 0 Å². The Labute approximate surface area is 180 Å². The number of nitrogens with zero attached hydrogens (tertiary/aromatic N) is 3. The molecular formula is C21H18F3N5O3. The van der Waals surface area contributed by atoms with Gasteiger partial charge in [-0.05, 0) is 55.4 Å². The molecule has 2 aromatic heterocycles. The number of benzene rings is 1. The number of aromatic nitrogens is 3. The zero-order valence-electron chi connectivity index (χ0n) is 16.6. The Morgan fingerprint density at radius 2 is 1.91 bits per heavy atom. The summed E-state index contributed by atoms with van der Waals surface area (Å²) in [5, 5.41) is 10.6. The number of hydrogen-bond donors (Lipinski definition) is 2. The molecule has 0 aliphatic heterocycles. The average molecular weight is 445 g/mol. The Morgan fingerprint density at radius 3 is 2.66 bits per heavy atom. The second-order valence-electron chi connectivity index (χ2n) is 8.25. The standard InChI is InChI=1S/C21H18F3N5O3/c22-14-4-3-12(15(23)16(14)24)19-28-29-20(32-19)27-10-6-21(7-10)8-11(9-21)31-18-13(17(25)30)2-1-5-26-18/h1-5,10-11H,6-9H2,(H2,25,30)(H,27,29). The molecule has 166 valence electrons. The highest BCUT2D eigenvalue weighted by atomic mass is 19.2. The molecule has 3 N–H and O–H groups in total. The Kier molecular flexibility index (Phi) is 4.75. The molecule has 8 nitrogen and oxygen atoms in total. The summed E-state index contributed by atoms with van der Waals surface area (Å²) in [6.07, 6.45) is 4.81. The minimum absolute atomic E-state index is 0.0460. The highest BCUT2D eigenvalue weighted by Crippen LogP contribution is 2.57. The molecule has 3 aromatic rings. The summed E-state index contributed by atoms with van der Waals surface area (Å²) in [4.78, 5) is 15.6. The zero-order chi connectivity index (χ0) is 22.5. The van der Waals surface area contributed by atoms with Gasteiger partial charge in [0.2, 0.25) is 5.88 Å². The first-order valence-corrected chi connectivity index (χ1v) is 9.99. The van der Waals surface area contributed by atoms with Crippen molar-refractivity contribution in [1.29, 1.82) is 0 Å². The molecule has 32 heavy (non-hydrogen) atoms. The lowest BCUT2D eigenvalue weighted by Crippen LogP contribution is -2.56. The topological polar surface area (TPSA) is 116 Å². The average Bonchev–Trinajstić information content (AvgIpc) is 3.17. The lowest BCUT2D eigenvalue weighted by molar-refractivity contribution is -0.0762. The number of pyridine rings is 1. The van der Waals surface area contributed by atoms with Crippen molar-refractivity contribution in [2.75, 3.05) is 5.32 Å². The molecule has 0 radical (unpaired) electrons. The van der Waals surface area contributed by atoms with Gasteiger partial charge in [0.25, 0.3) is 11.8 Å². The summed E-state index contributed by atoms with van der Waals surface area (Å²) in [5.41, 5.74) is 5.42. The number of amides is 1. The van der Waals surface area contributed by atoms with E-state index in [0.29, 0.717) is 0 Å². The predicted octanol–water partition coefficient (Wildman–Crippen LogP) is 3.45. The normalized spacial score (nSPS) is 24.0. The van der Waals surface area contributed by atoms with E-state index in [1.54, 1.807) is 18.3 Å². The lowest BCUT2D eigenvalue weighted by Gasteiger charge is -2.56. The van der Waals surface area contributed by atoms with Gasteiger partial charge >= 0.3 is 6.01 Å². The van der Waals surface area contributed by atoms with Crippen molar-refractivity contribution in [3.63, 3.8) is 0 Å². The maximum absolute atomic E-state index is 13.9. The van der Waals surface area contributed by atoms with Gasteiger partial charge in [-0.25, -0.2) is 18.2 Å². The van der Waals surface area contributed by atoms with Gasteiger partial charge in [0, 0.05) is 12.2 Å². The number of hydrogen-bond acceptors (Lipinski definition) is 7. The van der Waals surface area contributed by atoms with Crippen molar-refractivity contribution in [3.05, 3.63) is 53.5 Å². The van der Waals surface area contributed by atoms with Crippen molar-refractivity contribution in [2.24, 2.45) is 11.1 Å². The number of nitrogens with two attached hydrogens (primary N) is 1. The van der Waals surface area contributed by atoms with E-state index in [-0.39, 0.29) is 46.5 Å². The number of carbonyl (C=O) groups is 1. The molecule has 1 aromatic carbocycles. The van der Waals surface area contributed by atoms with Gasteiger partial charge in [0.05, 0.1) is 5.56 Å². The molecule has 1 spiro atoms. The van der Waals surface area contributed by atoms with Crippen molar-refractivity contribution >= 4 is 11.9 Å². The molecule has 2 fully saturated rings. The monoisotopic (exact) mass is 445 g/mol. The van der Waals surface area contributed by atoms with Crippen molar-refractivity contribution in [1.82, 2.24) is 15.2 Å². The van der Waals surface area contributed by atoms with Crippen molar-refractivity contribution < 1.29 is 27.1 Å². The van der Waals surface area contributed by atoms with E-state index in [9.17, 15) is 18.0 Å². The van der Waals surface area contributed by atoms with Gasteiger partial charge in [0.15, 0.2) is 17.5 Å². The lowest BCUT2D eigenvalue weighted by atomic mass is 9.53. The summed E-state index contributed by atoms with van der Waals surface area (Å²) >= 11 is 0. The highest BCUT2D eigenvalue weighted by Gasteiger charge is 2.54. The number of ether oxygens (including phenoxy) is 1. The Balaban J connectivity index is 1.15. The summed E-state index contributed by atoms with van der Waals surface area (Å²) in [7, 11) is 0. The van der Waals surface area contributed by atoms with Crippen LogP contribution in [0.4, 0.5) is 19.2 Å². The quantitative estimate of drug-likeness (QED) is 0.558. The van der Waals surface area contributed by atoms with Gasteiger partial charge in [-0.15, -0.1) is 5.10 Å². The van der Waals surface area contributed by atoms with Crippen LogP contribution in [0.3, 0.4) is 0 Å². The number of rotatable bonds is 6. The zero-order valence-corrected chi connectivity index (χ0v) is 16.6. The van der Waals surface area contributed by atoms with Gasteiger partial charge < -0.3 is 20.2 Å². The number of halogens is 3. The van der Waals surface area contributed by atoms with Gasteiger partial charge in [0.1, 0.15) is 11.7 Å². The molecule has 0 bridgehead atoms. The van der Waals surface area contributed by atoms with E-state index < -0.39 is 23.4 Å². The molecule has 1 amide bonds. The number of primary amides is 1. The molecular weight excluding hydrogens is 427 g/mol. The number of carbonyl (C=O) groups excluding carboxylic acids is 1. The number of nitrogens with one attached hydrogen (secondary N) is 1. The van der Waals surface area contributed by atoms with E-state index in [0.717, 1.165) is 37.8 Å². The predicted molar refractivity (Wildman–Crippen MR) is 105 cm³/mol. The highest BCUT2D eigenvalue weighted by molar-refractivity contribution is 5.94. The summed E-state index contributed by atoms with van der Waals surface area (Å²) in [6, 6.07) is 5.20. The first-order chi connectivity index (χ1) is 15.3. The number of anilines is 1. The fraction of sp³-hybridized carbons (Fsp3) is 0.333. The third-order valence-electron chi connectivity index (χ3n) is 6.01. The SMILES string of the molecule is NC(=O)c1cccnc1OC1CC2(CC(Nc3nnc(-c4ccc(F)c(F)c4F)o3)C2)C1. The fourth-order valence-electron chi connectivity index (χ4n) is 4.50. The maximum Gasteiger partial charge on any atom is 0.315 e. The first kappa shape index (κ1) is 20.3. The second kappa shape index (κ2) is 7.50. The van der Waals surface area contributed by atoms with Crippen molar-refractivity contribution in [3.8, 4) is 17.3 Å². The van der Waals surface area contributed by atoms with Crippen LogP contribution in [-0.2, 0) is 0 Å². The minimum Gasteiger partial charge on any atom is -0.474 e. The molecule has 0 saturated heterocycles. The van der Waals surface area contributed by atoms with Gasteiger partial charge in [-0.3, -0.25) is 4.79 Å². The van der Waals surface area contributed by atoms with Crippen LogP contribution in [0.25, 0.3) is 11.5 Å². The second-order valence-corrected chi connectivity index (χ2v) is 8.25. The Hall–Kier alpha value is -3.63. The van der Waals surface area contributed by atoms with Crippen LogP contribution in [0.1, 0.15) is 36.0 Å². The Bertz CT molecular complexity index is 1190. The first-order valence-electron chi connectivity index (χ1n) is 9.99. The third kappa shape index (κ3) is 3.53. The third-order valence-corrected chi connectivity index (χ3v) is 6.01. The molecule has 0 atom stereocenters. The smallest absolute Gasteiger partial charge is 0.315 e. The van der Waals surface area contributed by atoms with Crippen LogP contribution >= 0.6 is 0 Å².